The van der Waals surface area contributed by atoms with E-state index in [-0.39, 0.29) is 5.78 Å². The quantitative estimate of drug-likeness (QED) is 0.611. The number of anilines is 1. The maximum atomic E-state index is 12.1. The third-order valence-electron chi connectivity index (χ3n) is 3.20. The number of hydrogen-bond donors (Lipinski definition) is 2. The lowest BCUT2D eigenvalue weighted by molar-refractivity contribution is 0.0965. The van der Waals surface area contributed by atoms with Gasteiger partial charge in [-0.2, -0.15) is 0 Å². The van der Waals surface area contributed by atoms with Crippen LogP contribution in [-0.2, 0) is 0 Å². The van der Waals surface area contributed by atoms with E-state index < -0.39 is 0 Å². The summed E-state index contributed by atoms with van der Waals surface area (Å²) in [5.74, 6) is 1.25. The number of ketones is 1. The Kier molecular flexibility index (Phi) is 3.64. The monoisotopic (exact) mass is 234 g/mol. The van der Waals surface area contributed by atoms with E-state index in [2.05, 4.69) is 5.32 Å². The Balaban J connectivity index is 2.07. The molecule has 1 atom stereocenters. The predicted molar refractivity (Wildman–Crippen MR) is 67.3 cm³/mol. The van der Waals surface area contributed by atoms with Crippen LogP contribution in [0.2, 0.25) is 0 Å². The number of rotatable bonds is 4. The molecule has 0 radical (unpaired) electrons. The van der Waals surface area contributed by atoms with Crippen molar-refractivity contribution in [2.75, 3.05) is 25.9 Å². The molecule has 0 spiro atoms. The van der Waals surface area contributed by atoms with Crippen molar-refractivity contribution in [2.24, 2.45) is 5.92 Å². The Hall–Kier alpha value is -1.55. The molecule has 0 aliphatic carbocycles. The number of nitrogen functional groups attached to an aromatic ring is 1. The fourth-order valence-corrected chi connectivity index (χ4v) is 2.18. The van der Waals surface area contributed by atoms with Gasteiger partial charge < -0.3 is 15.8 Å². The second-order valence-electron chi connectivity index (χ2n) is 4.44. The molecule has 0 bridgehead atoms. The van der Waals surface area contributed by atoms with E-state index in [4.69, 9.17) is 10.5 Å². The standard InChI is InChI=1S/C13H18N2O2/c1-17-10-2-3-11(12(14)7-10)13(16)6-9-4-5-15-8-9/h2-3,7,9,15H,4-6,8,14H2,1H3. The molecule has 1 aromatic rings. The minimum absolute atomic E-state index is 0.124. The summed E-state index contributed by atoms with van der Waals surface area (Å²) in [6.45, 7) is 1.94. The van der Waals surface area contributed by atoms with Crippen LogP contribution in [0.15, 0.2) is 18.2 Å². The zero-order valence-electron chi connectivity index (χ0n) is 10.0. The van der Waals surface area contributed by atoms with Gasteiger partial charge in [0.25, 0.3) is 0 Å². The molecule has 2 rings (SSSR count). The molecule has 1 fully saturated rings. The van der Waals surface area contributed by atoms with Gasteiger partial charge in [-0.25, -0.2) is 0 Å². The molecule has 1 saturated heterocycles. The van der Waals surface area contributed by atoms with E-state index in [0.717, 1.165) is 19.5 Å². The molecule has 4 heteroatoms. The van der Waals surface area contributed by atoms with Crippen LogP contribution in [0.3, 0.4) is 0 Å². The second-order valence-corrected chi connectivity index (χ2v) is 4.44. The number of Topliss-reactive ketones (excluding diaryl/α,β-unsaturated/α-hetero) is 1. The molecule has 0 amide bonds. The molecular formula is C13H18N2O2. The van der Waals surface area contributed by atoms with Gasteiger partial charge in [0.2, 0.25) is 0 Å². The van der Waals surface area contributed by atoms with E-state index in [1.165, 1.54) is 0 Å². The highest BCUT2D eigenvalue weighted by Gasteiger charge is 2.20. The number of methoxy groups -OCH3 is 1. The molecule has 0 saturated carbocycles. The van der Waals surface area contributed by atoms with E-state index in [1.54, 1.807) is 25.3 Å². The van der Waals surface area contributed by atoms with Crippen molar-refractivity contribution in [3.63, 3.8) is 0 Å². The summed E-state index contributed by atoms with van der Waals surface area (Å²) in [5, 5.41) is 3.26. The van der Waals surface area contributed by atoms with Gasteiger partial charge >= 0.3 is 0 Å². The summed E-state index contributed by atoms with van der Waals surface area (Å²) in [6, 6.07) is 5.22. The van der Waals surface area contributed by atoms with Gasteiger partial charge in [-0.1, -0.05) is 0 Å². The number of hydrogen-bond acceptors (Lipinski definition) is 4. The van der Waals surface area contributed by atoms with Crippen molar-refractivity contribution >= 4 is 11.5 Å². The summed E-state index contributed by atoms with van der Waals surface area (Å²) in [4.78, 5) is 12.1. The third kappa shape index (κ3) is 2.77. The lowest BCUT2D eigenvalue weighted by atomic mass is 9.96. The maximum Gasteiger partial charge on any atom is 0.165 e. The van der Waals surface area contributed by atoms with E-state index in [9.17, 15) is 4.79 Å². The van der Waals surface area contributed by atoms with Crippen molar-refractivity contribution in [1.82, 2.24) is 5.32 Å². The number of benzene rings is 1. The van der Waals surface area contributed by atoms with Crippen LogP contribution < -0.4 is 15.8 Å². The SMILES string of the molecule is COc1ccc(C(=O)CC2CCNC2)c(N)c1. The number of carbonyl (C=O) groups excluding carboxylic acids is 1. The van der Waals surface area contributed by atoms with Crippen molar-refractivity contribution in [2.45, 2.75) is 12.8 Å². The fraction of sp³-hybridized carbons (Fsp3) is 0.462. The highest BCUT2D eigenvalue weighted by atomic mass is 16.5. The van der Waals surface area contributed by atoms with Crippen LogP contribution in [0.5, 0.6) is 5.75 Å². The third-order valence-corrected chi connectivity index (χ3v) is 3.20. The smallest absolute Gasteiger partial charge is 0.165 e. The maximum absolute atomic E-state index is 12.1. The van der Waals surface area contributed by atoms with Gasteiger partial charge in [-0.3, -0.25) is 4.79 Å². The van der Waals surface area contributed by atoms with Gasteiger partial charge in [0.15, 0.2) is 5.78 Å². The van der Waals surface area contributed by atoms with Crippen LogP contribution in [-0.4, -0.2) is 26.0 Å². The molecule has 3 N–H and O–H groups in total. The molecule has 92 valence electrons. The Morgan fingerprint density at radius 2 is 2.41 bits per heavy atom. The van der Waals surface area contributed by atoms with Crippen LogP contribution in [0.25, 0.3) is 0 Å². The topological polar surface area (TPSA) is 64.3 Å². The van der Waals surface area contributed by atoms with Crippen molar-refractivity contribution in [1.29, 1.82) is 0 Å². The summed E-state index contributed by atoms with van der Waals surface area (Å²) in [5.41, 5.74) is 6.96. The summed E-state index contributed by atoms with van der Waals surface area (Å²) in [6.07, 6.45) is 1.64. The van der Waals surface area contributed by atoms with E-state index >= 15 is 0 Å². The lowest BCUT2D eigenvalue weighted by Gasteiger charge is -2.10. The first-order valence-corrected chi connectivity index (χ1v) is 5.88. The van der Waals surface area contributed by atoms with Gasteiger partial charge in [0.1, 0.15) is 5.75 Å². The molecular weight excluding hydrogens is 216 g/mol. The predicted octanol–water partition coefficient (Wildman–Crippen LogP) is 1.46. The van der Waals surface area contributed by atoms with Gasteiger partial charge in [0, 0.05) is 23.7 Å². The van der Waals surface area contributed by atoms with Crippen LogP contribution in [0.1, 0.15) is 23.2 Å². The van der Waals surface area contributed by atoms with Crippen LogP contribution in [0, 0.1) is 5.92 Å². The minimum Gasteiger partial charge on any atom is -0.497 e. The minimum atomic E-state index is 0.124. The zero-order valence-corrected chi connectivity index (χ0v) is 10.0. The molecule has 1 aliphatic heterocycles. The molecule has 17 heavy (non-hydrogen) atoms. The number of nitrogens with two attached hydrogens (primary N) is 1. The molecule has 1 aromatic carbocycles. The first kappa shape index (κ1) is 11.9. The number of nitrogens with one attached hydrogen (secondary N) is 1. The van der Waals surface area contributed by atoms with Crippen LogP contribution >= 0.6 is 0 Å². The first-order chi connectivity index (χ1) is 8.20. The Bertz CT molecular complexity index is 412. The normalized spacial score (nSPS) is 19.2. The molecule has 1 aliphatic rings. The fourth-order valence-electron chi connectivity index (χ4n) is 2.18. The van der Waals surface area contributed by atoms with Gasteiger partial charge in [0.05, 0.1) is 7.11 Å². The molecule has 1 heterocycles. The van der Waals surface area contributed by atoms with E-state index in [1.807, 2.05) is 0 Å². The second kappa shape index (κ2) is 5.19. The summed E-state index contributed by atoms with van der Waals surface area (Å²) in [7, 11) is 1.58. The highest BCUT2D eigenvalue weighted by molar-refractivity contribution is 6.01. The first-order valence-electron chi connectivity index (χ1n) is 5.88. The van der Waals surface area contributed by atoms with Crippen molar-refractivity contribution in [3.8, 4) is 5.75 Å². The largest absolute Gasteiger partial charge is 0.497 e. The van der Waals surface area contributed by atoms with Crippen LogP contribution in [0.4, 0.5) is 5.69 Å². The summed E-state index contributed by atoms with van der Waals surface area (Å²) < 4.78 is 5.06. The molecule has 4 nitrogen and oxygen atoms in total. The average Bonchev–Trinajstić information content (AvgIpc) is 2.81. The van der Waals surface area contributed by atoms with Gasteiger partial charge in [-0.05, 0) is 37.6 Å². The number of ether oxygens (including phenoxy) is 1. The molecule has 1 unspecified atom stereocenters. The molecule has 0 aromatic heterocycles. The Morgan fingerprint density at radius 3 is 3.00 bits per heavy atom. The van der Waals surface area contributed by atoms with Gasteiger partial charge in [-0.15, -0.1) is 0 Å². The lowest BCUT2D eigenvalue weighted by Crippen LogP contribution is -2.13. The zero-order chi connectivity index (χ0) is 12.3. The Morgan fingerprint density at radius 1 is 1.59 bits per heavy atom. The summed E-state index contributed by atoms with van der Waals surface area (Å²) >= 11 is 0. The Labute approximate surface area is 101 Å². The highest BCUT2D eigenvalue weighted by Crippen LogP contribution is 2.23. The van der Waals surface area contributed by atoms with Crippen molar-refractivity contribution in [3.05, 3.63) is 23.8 Å². The average molecular weight is 234 g/mol. The number of carbonyl (C=O) groups is 1. The van der Waals surface area contributed by atoms with E-state index in [0.29, 0.717) is 29.3 Å². The van der Waals surface area contributed by atoms with Crippen molar-refractivity contribution < 1.29 is 9.53 Å².